The maximum absolute atomic E-state index is 13.8. The molecule has 11 heteroatoms. The molecule has 1 N–H and O–H groups in total. The molecule has 188 valence electrons. The molecule has 1 aliphatic heterocycles. The second-order valence-corrected chi connectivity index (χ2v) is 8.60. The summed E-state index contributed by atoms with van der Waals surface area (Å²) in [5.74, 6) is 0.317. The molecule has 8 nitrogen and oxygen atoms in total. The Balaban J connectivity index is 1.75. The van der Waals surface area contributed by atoms with Crippen molar-refractivity contribution in [1.82, 2.24) is 29.5 Å². The third-order valence-electron chi connectivity index (χ3n) is 6.33. The van der Waals surface area contributed by atoms with Crippen LogP contribution in [-0.2, 0) is 0 Å². The molecular formula is C24H29F3N6O2. The van der Waals surface area contributed by atoms with Crippen molar-refractivity contribution in [3.8, 4) is 17.1 Å². The molecule has 4 bridgehead atoms. The van der Waals surface area contributed by atoms with Gasteiger partial charge in [-0.1, -0.05) is 18.2 Å². The third kappa shape index (κ3) is 5.34. The summed E-state index contributed by atoms with van der Waals surface area (Å²) in [4.78, 5) is 24.6. The van der Waals surface area contributed by atoms with Crippen molar-refractivity contribution < 1.29 is 22.7 Å². The molecule has 0 spiro atoms. The maximum atomic E-state index is 13.8. The first-order chi connectivity index (χ1) is 16.7. The molecule has 2 aromatic heterocycles. The number of carbonyl (C=O) groups excluding carboxylic acids is 1. The fourth-order valence-corrected chi connectivity index (χ4v) is 4.32. The molecule has 0 aliphatic carbocycles. The van der Waals surface area contributed by atoms with E-state index in [0.29, 0.717) is 30.2 Å². The summed E-state index contributed by atoms with van der Waals surface area (Å²) >= 11 is 0. The Morgan fingerprint density at radius 2 is 2.09 bits per heavy atom. The lowest BCUT2D eigenvalue weighted by atomic mass is 10.0. The van der Waals surface area contributed by atoms with E-state index in [2.05, 4.69) is 15.3 Å². The van der Waals surface area contributed by atoms with Gasteiger partial charge < -0.3 is 19.4 Å². The van der Waals surface area contributed by atoms with Crippen molar-refractivity contribution in [2.75, 3.05) is 33.3 Å². The molecule has 3 heterocycles. The number of alkyl halides is 3. The van der Waals surface area contributed by atoms with Gasteiger partial charge in [-0.05, 0) is 38.9 Å². The first-order valence-electron chi connectivity index (χ1n) is 11.6. The summed E-state index contributed by atoms with van der Waals surface area (Å²) in [7, 11) is 1.40. The molecule has 1 aliphatic rings. The van der Waals surface area contributed by atoms with E-state index in [0.717, 1.165) is 11.1 Å². The van der Waals surface area contributed by atoms with E-state index in [-0.39, 0.29) is 19.2 Å². The number of benzene rings is 1. The lowest BCUT2D eigenvalue weighted by Crippen LogP contribution is -2.53. The highest BCUT2D eigenvalue weighted by Crippen LogP contribution is 2.29. The van der Waals surface area contributed by atoms with E-state index in [9.17, 15) is 18.0 Å². The van der Waals surface area contributed by atoms with Gasteiger partial charge in [-0.25, -0.2) is 14.8 Å². The van der Waals surface area contributed by atoms with Crippen LogP contribution in [0.15, 0.2) is 42.9 Å². The van der Waals surface area contributed by atoms with Gasteiger partial charge in [0.15, 0.2) is 0 Å². The van der Waals surface area contributed by atoms with Crippen LogP contribution < -0.4 is 10.1 Å². The van der Waals surface area contributed by atoms with Crippen molar-refractivity contribution in [3.63, 3.8) is 0 Å². The van der Waals surface area contributed by atoms with E-state index >= 15 is 0 Å². The number of likely N-dealkylation sites (N-methyl/N-ethyl adjacent to an activating group) is 1. The van der Waals surface area contributed by atoms with Gasteiger partial charge in [0.05, 0.1) is 18.3 Å². The highest BCUT2D eigenvalue weighted by atomic mass is 19.4. The van der Waals surface area contributed by atoms with Gasteiger partial charge in [0, 0.05) is 43.8 Å². The molecule has 2 atom stereocenters. The Morgan fingerprint density at radius 3 is 2.83 bits per heavy atom. The average molecular weight is 491 g/mol. The number of imidazole rings is 1. The van der Waals surface area contributed by atoms with Gasteiger partial charge in [0.2, 0.25) is 5.65 Å². The van der Waals surface area contributed by atoms with Crippen molar-refractivity contribution in [1.29, 1.82) is 0 Å². The van der Waals surface area contributed by atoms with Gasteiger partial charge in [-0.15, -0.1) is 0 Å². The lowest BCUT2D eigenvalue weighted by molar-refractivity contribution is -0.178. The second-order valence-electron chi connectivity index (χ2n) is 8.60. The number of ether oxygens (including phenoxy) is 1. The number of carbonyl (C=O) groups is 1. The molecule has 0 radical (unpaired) electrons. The quantitative estimate of drug-likeness (QED) is 0.555. The van der Waals surface area contributed by atoms with Crippen LogP contribution in [0.4, 0.5) is 18.0 Å². The van der Waals surface area contributed by atoms with E-state index in [1.165, 1.54) is 16.8 Å². The Bertz CT molecular complexity index is 1180. The molecule has 2 amide bonds. The number of amides is 2. The Labute approximate surface area is 201 Å². The molecule has 0 fully saturated rings. The topological polar surface area (TPSA) is 75.0 Å². The van der Waals surface area contributed by atoms with Crippen LogP contribution in [0.2, 0.25) is 0 Å². The minimum absolute atomic E-state index is 0.124. The standard InChI is InChI=1S/C24H29F3N6O2/c1-4-33-16(2)17-7-5-8-18(13-17)19-15-32-11-9-28-21(32)22(30-19)35-12-6-10-31(3)20(24(25,26)27)14-29-23(33)34/h5,7-9,11,13,15-16,20H,4,6,10,12,14H2,1-3H3,(H,29,34)/t16-,20?/m1/s1. The van der Waals surface area contributed by atoms with Crippen molar-refractivity contribution in [2.45, 2.75) is 38.5 Å². The molecule has 4 rings (SSSR count). The minimum Gasteiger partial charge on any atom is -0.475 e. The lowest BCUT2D eigenvalue weighted by Gasteiger charge is -2.32. The van der Waals surface area contributed by atoms with Crippen molar-refractivity contribution in [2.24, 2.45) is 0 Å². The fraction of sp³-hybridized carbons (Fsp3) is 0.458. The van der Waals surface area contributed by atoms with Gasteiger partial charge in [0.1, 0.15) is 6.04 Å². The summed E-state index contributed by atoms with van der Waals surface area (Å²) in [5.41, 5.74) is 2.85. The van der Waals surface area contributed by atoms with Gasteiger partial charge >= 0.3 is 12.2 Å². The van der Waals surface area contributed by atoms with Crippen LogP contribution in [0.25, 0.3) is 16.9 Å². The van der Waals surface area contributed by atoms with E-state index in [1.54, 1.807) is 23.7 Å². The number of hydrogen-bond donors (Lipinski definition) is 1. The predicted molar refractivity (Wildman–Crippen MR) is 125 cm³/mol. The van der Waals surface area contributed by atoms with Gasteiger partial charge in [-0.3, -0.25) is 4.90 Å². The van der Waals surface area contributed by atoms with Crippen molar-refractivity contribution >= 4 is 11.7 Å². The number of aromatic nitrogens is 3. The predicted octanol–water partition coefficient (Wildman–Crippen LogP) is 4.13. The monoisotopic (exact) mass is 490 g/mol. The Morgan fingerprint density at radius 1 is 1.29 bits per heavy atom. The summed E-state index contributed by atoms with van der Waals surface area (Å²) in [5, 5.41) is 2.50. The van der Waals surface area contributed by atoms with E-state index < -0.39 is 24.8 Å². The molecule has 35 heavy (non-hydrogen) atoms. The third-order valence-corrected chi connectivity index (χ3v) is 6.33. The highest BCUT2D eigenvalue weighted by Gasteiger charge is 2.42. The van der Waals surface area contributed by atoms with E-state index in [1.807, 2.05) is 37.4 Å². The molecule has 1 unspecified atom stereocenters. The number of nitrogens with one attached hydrogen (secondary N) is 1. The van der Waals surface area contributed by atoms with E-state index in [4.69, 9.17) is 4.74 Å². The molecule has 0 saturated heterocycles. The smallest absolute Gasteiger partial charge is 0.405 e. The van der Waals surface area contributed by atoms with Crippen molar-refractivity contribution in [3.05, 3.63) is 48.4 Å². The summed E-state index contributed by atoms with van der Waals surface area (Å²) in [6.07, 6.45) is 1.11. The second kappa shape index (κ2) is 10.1. The van der Waals surface area contributed by atoms with Crippen LogP contribution in [0.1, 0.15) is 31.9 Å². The zero-order chi connectivity index (χ0) is 25.2. The zero-order valence-corrected chi connectivity index (χ0v) is 19.9. The molecule has 0 saturated carbocycles. The minimum atomic E-state index is -4.50. The summed E-state index contributed by atoms with van der Waals surface area (Å²) in [6.45, 7) is 3.74. The Hall–Kier alpha value is -3.34. The fourth-order valence-electron chi connectivity index (χ4n) is 4.32. The highest BCUT2D eigenvalue weighted by molar-refractivity contribution is 5.75. The molecular weight excluding hydrogens is 461 g/mol. The normalized spacial score (nSPS) is 20.9. The molecule has 1 aromatic carbocycles. The maximum Gasteiger partial charge on any atom is 0.405 e. The van der Waals surface area contributed by atoms with Crippen LogP contribution in [0.3, 0.4) is 0 Å². The summed E-state index contributed by atoms with van der Waals surface area (Å²) in [6, 6.07) is 4.87. The van der Waals surface area contributed by atoms with Crippen LogP contribution >= 0.6 is 0 Å². The van der Waals surface area contributed by atoms with Gasteiger partial charge in [0.25, 0.3) is 5.88 Å². The zero-order valence-electron chi connectivity index (χ0n) is 19.9. The number of nitrogens with zero attached hydrogens (tertiary/aromatic N) is 5. The van der Waals surface area contributed by atoms with Crippen LogP contribution in [0.5, 0.6) is 5.88 Å². The number of fused-ring (bicyclic) bond motifs is 7. The molecule has 3 aromatic rings. The Kier molecular flexibility index (Phi) is 7.15. The van der Waals surface area contributed by atoms with Crippen LogP contribution in [0, 0.1) is 0 Å². The average Bonchev–Trinajstić information content (AvgIpc) is 3.30. The first-order valence-corrected chi connectivity index (χ1v) is 11.6. The number of halogens is 3. The number of hydrogen-bond acceptors (Lipinski definition) is 5. The SMILES string of the molecule is CCN1C(=O)NCC(C(F)(F)F)N(C)CCCOc2nc(cn3ccnc23)-c2cccc(c2)[C@H]1C. The van der Waals surface area contributed by atoms with Crippen LogP contribution in [-0.4, -0.2) is 75.7 Å². The van der Waals surface area contributed by atoms with Gasteiger partial charge in [-0.2, -0.15) is 13.2 Å². The summed E-state index contributed by atoms with van der Waals surface area (Å²) < 4.78 is 49.0. The first kappa shape index (κ1) is 24.8. The number of rotatable bonds is 1. The number of urea groups is 1. The largest absolute Gasteiger partial charge is 0.475 e.